The number of fused-ring (bicyclic) bond motifs is 1. The van der Waals surface area contributed by atoms with E-state index in [4.69, 9.17) is 9.73 Å². The third-order valence-electron chi connectivity index (χ3n) is 5.46. The van der Waals surface area contributed by atoms with Crippen molar-refractivity contribution in [3.8, 4) is 0 Å². The fourth-order valence-corrected chi connectivity index (χ4v) is 3.83. The molecule has 1 aromatic carbocycles. The van der Waals surface area contributed by atoms with Crippen molar-refractivity contribution < 1.29 is 4.74 Å². The largest absolute Gasteiger partial charge is 0.379 e. The molecule has 0 spiro atoms. The average molecular weight is 528 g/mol. The van der Waals surface area contributed by atoms with E-state index >= 15 is 0 Å². The van der Waals surface area contributed by atoms with Gasteiger partial charge in [-0.1, -0.05) is 26.0 Å². The summed E-state index contributed by atoms with van der Waals surface area (Å²) in [6.07, 6.45) is 2.95. The molecular weight excluding hydrogens is 491 g/mol. The number of hydrogen-bond acceptors (Lipinski definition) is 4. The number of nitrogens with one attached hydrogen (secondary N) is 2. The molecule has 1 atom stereocenters. The lowest BCUT2D eigenvalue weighted by Crippen LogP contribution is -2.48. The molecule has 1 aliphatic rings. The summed E-state index contributed by atoms with van der Waals surface area (Å²) in [6, 6.07) is 8.72. The van der Waals surface area contributed by atoms with Crippen molar-refractivity contribution in [3.05, 3.63) is 30.6 Å². The Kier molecular flexibility index (Phi) is 10.9. The smallest absolute Gasteiger partial charge is 0.191 e. The predicted octanol–water partition coefficient (Wildman–Crippen LogP) is 2.96. The second-order valence-electron chi connectivity index (χ2n) is 7.89. The van der Waals surface area contributed by atoms with Crippen molar-refractivity contribution >= 4 is 41.0 Å². The highest BCUT2D eigenvalue weighted by atomic mass is 127. The van der Waals surface area contributed by atoms with E-state index in [1.54, 1.807) is 0 Å². The van der Waals surface area contributed by atoms with E-state index in [1.807, 2.05) is 12.4 Å². The molecule has 1 aliphatic heterocycles. The Morgan fingerprint density at radius 2 is 1.97 bits per heavy atom. The van der Waals surface area contributed by atoms with Crippen LogP contribution in [0.5, 0.6) is 0 Å². The SMILES string of the molecule is CCNC(=NCC(C(C)C)N1CCOCC1)NCCCn1cnc2ccccc21.I. The van der Waals surface area contributed by atoms with E-state index < -0.39 is 0 Å². The Hall–Kier alpha value is -1.39. The summed E-state index contributed by atoms with van der Waals surface area (Å²) in [5.74, 6) is 1.47. The number of guanidine groups is 1. The van der Waals surface area contributed by atoms with Gasteiger partial charge in [0.15, 0.2) is 5.96 Å². The van der Waals surface area contributed by atoms with Crippen molar-refractivity contribution in [1.82, 2.24) is 25.1 Å². The summed E-state index contributed by atoms with van der Waals surface area (Å²) in [5, 5.41) is 6.87. The van der Waals surface area contributed by atoms with Crippen LogP contribution in [0, 0.1) is 5.92 Å². The normalized spacial score (nSPS) is 16.5. The Bertz CT molecular complexity index is 772. The van der Waals surface area contributed by atoms with Crippen LogP contribution in [0.3, 0.4) is 0 Å². The van der Waals surface area contributed by atoms with Crippen LogP contribution in [0.1, 0.15) is 27.2 Å². The van der Waals surface area contributed by atoms with Gasteiger partial charge in [-0.3, -0.25) is 9.89 Å². The highest BCUT2D eigenvalue weighted by Crippen LogP contribution is 2.14. The molecular formula is C22H37IN6O. The van der Waals surface area contributed by atoms with Crippen LogP contribution in [0.2, 0.25) is 0 Å². The highest BCUT2D eigenvalue weighted by Gasteiger charge is 2.23. The molecule has 3 rings (SSSR count). The molecule has 0 aliphatic carbocycles. The first-order chi connectivity index (χ1) is 14.2. The minimum atomic E-state index is 0. The standard InChI is InChI=1S/C22H36N6O.HI/c1-4-23-22(25-16-21(18(2)3)27-12-14-29-15-13-27)24-10-7-11-28-17-26-19-8-5-6-9-20(19)28;/h5-6,8-9,17-18,21H,4,7,10-16H2,1-3H3,(H2,23,24,25);1H. The average Bonchev–Trinajstić information content (AvgIpc) is 3.15. The number of nitrogens with zero attached hydrogens (tertiary/aromatic N) is 4. The van der Waals surface area contributed by atoms with Crippen molar-refractivity contribution in [3.63, 3.8) is 0 Å². The molecule has 1 aromatic heterocycles. The van der Waals surface area contributed by atoms with Gasteiger partial charge in [0.05, 0.1) is 37.1 Å². The van der Waals surface area contributed by atoms with Gasteiger partial charge in [-0.25, -0.2) is 4.98 Å². The maximum Gasteiger partial charge on any atom is 0.191 e. The maximum atomic E-state index is 5.51. The Labute approximate surface area is 197 Å². The molecule has 0 saturated carbocycles. The van der Waals surface area contributed by atoms with E-state index in [-0.39, 0.29) is 24.0 Å². The number of ether oxygens (including phenoxy) is 1. The number of imidazole rings is 1. The van der Waals surface area contributed by atoms with E-state index in [0.29, 0.717) is 12.0 Å². The molecule has 1 saturated heterocycles. The predicted molar refractivity (Wildman–Crippen MR) is 135 cm³/mol. The maximum absolute atomic E-state index is 5.51. The van der Waals surface area contributed by atoms with E-state index in [2.05, 4.69) is 64.1 Å². The Morgan fingerprint density at radius 3 is 2.70 bits per heavy atom. The summed E-state index contributed by atoms with van der Waals surface area (Å²) >= 11 is 0. The second kappa shape index (κ2) is 13.1. The van der Waals surface area contributed by atoms with Gasteiger partial charge in [-0.2, -0.15) is 0 Å². The summed E-state index contributed by atoms with van der Waals surface area (Å²) in [6.45, 7) is 13.8. The van der Waals surface area contributed by atoms with E-state index in [9.17, 15) is 0 Å². The van der Waals surface area contributed by atoms with Crippen LogP contribution in [0.25, 0.3) is 11.0 Å². The van der Waals surface area contributed by atoms with Crippen LogP contribution in [-0.4, -0.2) is 72.4 Å². The zero-order valence-corrected chi connectivity index (χ0v) is 20.8. The molecule has 30 heavy (non-hydrogen) atoms. The number of rotatable bonds is 9. The van der Waals surface area contributed by atoms with Crippen LogP contribution in [0.4, 0.5) is 0 Å². The van der Waals surface area contributed by atoms with Crippen molar-refractivity contribution in [2.45, 2.75) is 39.8 Å². The fourth-order valence-electron chi connectivity index (χ4n) is 3.83. The molecule has 0 bridgehead atoms. The second-order valence-corrected chi connectivity index (χ2v) is 7.89. The molecule has 0 radical (unpaired) electrons. The molecule has 2 N–H and O–H groups in total. The van der Waals surface area contributed by atoms with Crippen LogP contribution in [0.15, 0.2) is 35.6 Å². The summed E-state index contributed by atoms with van der Waals surface area (Å²) in [5.41, 5.74) is 2.25. The topological polar surface area (TPSA) is 66.7 Å². The molecule has 8 heteroatoms. The number of para-hydroxylation sites is 2. The van der Waals surface area contributed by atoms with Gasteiger partial charge in [0.1, 0.15) is 0 Å². The molecule has 1 fully saturated rings. The zero-order chi connectivity index (χ0) is 20.5. The number of benzene rings is 1. The lowest BCUT2D eigenvalue weighted by Gasteiger charge is -2.36. The van der Waals surface area contributed by atoms with Crippen molar-refractivity contribution in [2.24, 2.45) is 10.9 Å². The number of hydrogen-bond donors (Lipinski definition) is 2. The fraction of sp³-hybridized carbons (Fsp3) is 0.636. The zero-order valence-electron chi connectivity index (χ0n) is 18.5. The highest BCUT2D eigenvalue weighted by molar-refractivity contribution is 14.0. The van der Waals surface area contributed by atoms with Crippen molar-refractivity contribution in [2.75, 3.05) is 45.9 Å². The molecule has 168 valence electrons. The lowest BCUT2D eigenvalue weighted by atomic mass is 10.0. The number of halogens is 1. The van der Waals surface area contributed by atoms with Crippen LogP contribution in [-0.2, 0) is 11.3 Å². The van der Waals surface area contributed by atoms with Crippen LogP contribution >= 0.6 is 24.0 Å². The molecule has 2 heterocycles. The summed E-state index contributed by atoms with van der Waals surface area (Å²) < 4.78 is 7.72. The monoisotopic (exact) mass is 528 g/mol. The van der Waals surface area contributed by atoms with E-state index in [1.165, 1.54) is 5.52 Å². The van der Waals surface area contributed by atoms with Crippen molar-refractivity contribution in [1.29, 1.82) is 0 Å². The van der Waals surface area contributed by atoms with E-state index in [0.717, 1.165) is 70.4 Å². The van der Waals surface area contributed by atoms with Gasteiger partial charge in [0, 0.05) is 38.8 Å². The first-order valence-electron chi connectivity index (χ1n) is 10.9. The quantitative estimate of drug-likeness (QED) is 0.227. The molecule has 0 amide bonds. The minimum Gasteiger partial charge on any atom is -0.379 e. The molecule has 7 nitrogen and oxygen atoms in total. The number of aliphatic imine (C=N–C) groups is 1. The Balaban J connectivity index is 0.00000320. The lowest BCUT2D eigenvalue weighted by molar-refractivity contribution is 0.00867. The first-order valence-corrected chi connectivity index (χ1v) is 10.9. The van der Waals surface area contributed by atoms with Gasteiger partial charge in [0.2, 0.25) is 0 Å². The minimum absolute atomic E-state index is 0. The van der Waals surface area contributed by atoms with Gasteiger partial charge in [0.25, 0.3) is 0 Å². The Morgan fingerprint density at radius 1 is 1.20 bits per heavy atom. The van der Waals surface area contributed by atoms with Gasteiger partial charge >= 0.3 is 0 Å². The summed E-state index contributed by atoms with van der Waals surface area (Å²) in [7, 11) is 0. The summed E-state index contributed by atoms with van der Waals surface area (Å²) in [4.78, 5) is 11.9. The molecule has 1 unspecified atom stereocenters. The van der Waals surface area contributed by atoms with Gasteiger partial charge < -0.3 is 19.9 Å². The molecule has 2 aromatic rings. The third kappa shape index (κ3) is 7.09. The third-order valence-corrected chi connectivity index (χ3v) is 5.46. The first kappa shape index (κ1) is 24.9. The number of morpholine rings is 1. The van der Waals surface area contributed by atoms with Crippen LogP contribution < -0.4 is 10.6 Å². The van der Waals surface area contributed by atoms with Gasteiger partial charge in [-0.05, 0) is 31.4 Å². The van der Waals surface area contributed by atoms with Gasteiger partial charge in [-0.15, -0.1) is 24.0 Å². The number of aromatic nitrogens is 2. The number of aryl methyl sites for hydroxylation is 1.